The molecule has 2 heterocycles. The highest BCUT2D eigenvalue weighted by atomic mass is 32.2. The first-order valence-electron chi connectivity index (χ1n) is 8.34. The number of H-pyrrole nitrogens is 1. The number of nitrogens with one attached hydrogen (secondary N) is 1. The van der Waals surface area contributed by atoms with Gasteiger partial charge in [-0.2, -0.15) is 0 Å². The molecule has 0 bridgehead atoms. The lowest BCUT2D eigenvalue weighted by Crippen LogP contribution is -2.03. The van der Waals surface area contributed by atoms with Crippen molar-refractivity contribution >= 4 is 34.1 Å². The highest BCUT2D eigenvalue weighted by Crippen LogP contribution is 2.28. The van der Waals surface area contributed by atoms with Crippen LogP contribution in [-0.2, 0) is 0 Å². The van der Waals surface area contributed by atoms with Crippen molar-refractivity contribution in [3.8, 4) is 11.5 Å². The van der Waals surface area contributed by atoms with E-state index in [1.807, 2.05) is 31.2 Å². The Kier molecular flexibility index (Phi) is 4.66. The number of carbonyl (C=O) groups excluding carboxylic acids is 1. The number of ketones is 1. The summed E-state index contributed by atoms with van der Waals surface area (Å²) in [6.45, 7) is 1.87. The van der Waals surface area contributed by atoms with Crippen LogP contribution in [0, 0.1) is 17.0 Å². The number of non-ortho nitro benzene ring substituents is 1. The minimum Gasteiger partial charge on any atom is -0.411 e. The average Bonchev–Trinajstić information content (AvgIpc) is 3.30. The van der Waals surface area contributed by atoms with Gasteiger partial charge in [0.15, 0.2) is 5.78 Å². The fourth-order valence-electron chi connectivity index (χ4n) is 2.97. The number of para-hydroxylation sites is 1. The molecule has 0 aliphatic rings. The zero-order chi connectivity index (χ0) is 19.7. The molecule has 0 saturated carbocycles. The standard InChI is InChI=1S/C19H14N4O4S/c1-11-17(14-7-2-3-8-15(14)20-11)16(24)10-28-19-22-21-18(27-19)12-5-4-6-13(9-12)23(25)26/h2-9,20H,10H2,1H3. The third-order valence-corrected chi connectivity index (χ3v) is 5.03. The van der Waals surface area contributed by atoms with E-state index in [-0.39, 0.29) is 28.3 Å². The van der Waals surface area contributed by atoms with Crippen molar-refractivity contribution in [1.29, 1.82) is 0 Å². The number of rotatable bonds is 6. The first-order valence-corrected chi connectivity index (χ1v) is 9.33. The van der Waals surface area contributed by atoms with E-state index in [1.165, 1.54) is 12.1 Å². The minimum absolute atomic E-state index is 0.0463. The molecule has 0 amide bonds. The van der Waals surface area contributed by atoms with Crippen LogP contribution in [0.5, 0.6) is 0 Å². The minimum atomic E-state index is -0.488. The van der Waals surface area contributed by atoms with Gasteiger partial charge in [0.25, 0.3) is 10.9 Å². The highest BCUT2D eigenvalue weighted by molar-refractivity contribution is 7.99. The molecule has 0 fully saturated rings. The Hall–Kier alpha value is -3.46. The second-order valence-corrected chi connectivity index (χ2v) is 6.99. The molecule has 0 unspecified atom stereocenters. The highest BCUT2D eigenvalue weighted by Gasteiger charge is 2.18. The average molecular weight is 394 g/mol. The molecule has 28 heavy (non-hydrogen) atoms. The van der Waals surface area contributed by atoms with E-state index in [9.17, 15) is 14.9 Å². The monoisotopic (exact) mass is 394 g/mol. The number of aromatic amines is 1. The smallest absolute Gasteiger partial charge is 0.277 e. The van der Waals surface area contributed by atoms with Gasteiger partial charge in [-0.15, -0.1) is 10.2 Å². The summed E-state index contributed by atoms with van der Waals surface area (Å²) in [6.07, 6.45) is 0. The molecule has 9 heteroatoms. The van der Waals surface area contributed by atoms with Gasteiger partial charge in [-0.3, -0.25) is 14.9 Å². The fourth-order valence-corrected chi connectivity index (χ4v) is 3.61. The van der Waals surface area contributed by atoms with E-state index in [2.05, 4.69) is 15.2 Å². The molecule has 0 saturated heterocycles. The number of aryl methyl sites for hydroxylation is 1. The summed E-state index contributed by atoms with van der Waals surface area (Å²) < 4.78 is 5.55. The number of hydrogen-bond acceptors (Lipinski definition) is 7. The number of hydrogen-bond donors (Lipinski definition) is 1. The summed E-state index contributed by atoms with van der Waals surface area (Å²) >= 11 is 1.13. The molecular formula is C19H14N4O4S. The molecule has 0 spiro atoms. The zero-order valence-corrected chi connectivity index (χ0v) is 15.5. The fraction of sp³-hybridized carbons (Fsp3) is 0.105. The van der Waals surface area contributed by atoms with Crippen LogP contribution < -0.4 is 0 Å². The Morgan fingerprint density at radius 3 is 2.86 bits per heavy atom. The van der Waals surface area contributed by atoms with Crippen molar-refractivity contribution in [2.45, 2.75) is 12.1 Å². The van der Waals surface area contributed by atoms with Gasteiger partial charge in [0.1, 0.15) is 0 Å². The largest absolute Gasteiger partial charge is 0.411 e. The SMILES string of the molecule is Cc1[nH]c2ccccc2c1C(=O)CSc1nnc(-c2cccc([N+](=O)[O-])c2)o1. The number of Topliss-reactive ketones (excluding diaryl/α,β-unsaturated/α-hetero) is 1. The summed E-state index contributed by atoms with van der Waals surface area (Å²) in [6, 6.07) is 13.6. The molecular weight excluding hydrogens is 380 g/mol. The van der Waals surface area contributed by atoms with Crippen LogP contribution in [0.15, 0.2) is 58.2 Å². The van der Waals surface area contributed by atoms with Crippen LogP contribution in [0.25, 0.3) is 22.4 Å². The van der Waals surface area contributed by atoms with E-state index in [0.29, 0.717) is 11.1 Å². The number of nitro groups is 1. The second-order valence-electron chi connectivity index (χ2n) is 6.06. The van der Waals surface area contributed by atoms with Crippen LogP contribution in [0.3, 0.4) is 0 Å². The van der Waals surface area contributed by atoms with Crippen LogP contribution in [0.4, 0.5) is 5.69 Å². The van der Waals surface area contributed by atoms with Crippen LogP contribution in [0.1, 0.15) is 16.1 Å². The first-order chi connectivity index (χ1) is 13.5. The zero-order valence-electron chi connectivity index (χ0n) is 14.7. The van der Waals surface area contributed by atoms with E-state index in [4.69, 9.17) is 4.42 Å². The lowest BCUT2D eigenvalue weighted by Gasteiger charge is -1.99. The molecule has 1 N–H and O–H groups in total. The summed E-state index contributed by atoms with van der Waals surface area (Å²) in [5.74, 6) is 0.260. The number of thioether (sulfide) groups is 1. The van der Waals surface area contributed by atoms with Crippen molar-refractivity contribution < 1.29 is 14.1 Å². The van der Waals surface area contributed by atoms with E-state index in [0.717, 1.165) is 28.4 Å². The van der Waals surface area contributed by atoms with Gasteiger partial charge in [-0.05, 0) is 19.1 Å². The summed E-state index contributed by atoms with van der Waals surface area (Å²) in [5, 5.41) is 19.8. The third kappa shape index (κ3) is 3.39. The molecule has 8 nitrogen and oxygen atoms in total. The Balaban J connectivity index is 1.50. The maximum atomic E-state index is 12.7. The normalized spacial score (nSPS) is 11.0. The van der Waals surface area contributed by atoms with E-state index < -0.39 is 4.92 Å². The van der Waals surface area contributed by atoms with E-state index in [1.54, 1.807) is 12.1 Å². The Morgan fingerprint density at radius 2 is 2.04 bits per heavy atom. The Bertz CT molecular complexity index is 1200. The van der Waals surface area contributed by atoms with Gasteiger partial charge in [0, 0.05) is 39.9 Å². The Labute approximate surface area is 163 Å². The van der Waals surface area contributed by atoms with Crippen LogP contribution in [0.2, 0.25) is 0 Å². The van der Waals surface area contributed by atoms with Crippen molar-refractivity contribution in [2.24, 2.45) is 0 Å². The van der Waals surface area contributed by atoms with E-state index >= 15 is 0 Å². The van der Waals surface area contributed by atoms with Gasteiger partial charge in [0.05, 0.1) is 10.7 Å². The number of carbonyl (C=O) groups is 1. The molecule has 4 aromatic rings. The van der Waals surface area contributed by atoms with Crippen LogP contribution in [-0.4, -0.2) is 31.6 Å². The number of fused-ring (bicyclic) bond motifs is 1. The second kappa shape index (κ2) is 7.28. The third-order valence-electron chi connectivity index (χ3n) is 4.21. The summed E-state index contributed by atoms with van der Waals surface area (Å²) in [7, 11) is 0. The number of benzene rings is 2. The van der Waals surface area contributed by atoms with Crippen molar-refractivity contribution in [1.82, 2.24) is 15.2 Å². The van der Waals surface area contributed by atoms with Gasteiger partial charge in [-0.1, -0.05) is 36.0 Å². The van der Waals surface area contributed by atoms with Gasteiger partial charge < -0.3 is 9.40 Å². The van der Waals surface area contributed by atoms with Crippen molar-refractivity contribution in [3.63, 3.8) is 0 Å². The summed E-state index contributed by atoms with van der Waals surface area (Å²) in [5.41, 5.74) is 2.78. The summed E-state index contributed by atoms with van der Waals surface area (Å²) in [4.78, 5) is 26.3. The Morgan fingerprint density at radius 1 is 1.21 bits per heavy atom. The lowest BCUT2D eigenvalue weighted by atomic mass is 10.1. The van der Waals surface area contributed by atoms with Crippen molar-refractivity contribution in [2.75, 3.05) is 5.75 Å². The molecule has 0 aliphatic carbocycles. The quantitative estimate of drug-likeness (QED) is 0.223. The topological polar surface area (TPSA) is 115 Å². The molecule has 2 aromatic carbocycles. The lowest BCUT2D eigenvalue weighted by molar-refractivity contribution is -0.384. The predicted molar refractivity (Wildman–Crippen MR) is 104 cm³/mol. The van der Waals surface area contributed by atoms with Gasteiger partial charge >= 0.3 is 0 Å². The van der Waals surface area contributed by atoms with Crippen LogP contribution >= 0.6 is 11.8 Å². The maximum absolute atomic E-state index is 12.7. The maximum Gasteiger partial charge on any atom is 0.277 e. The first kappa shape index (κ1) is 17.9. The number of nitrogens with zero attached hydrogens (tertiary/aromatic N) is 3. The predicted octanol–water partition coefficient (Wildman–Crippen LogP) is 4.41. The number of nitro benzene ring substituents is 1. The molecule has 0 aliphatic heterocycles. The van der Waals surface area contributed by atoms with Gasteiger partial charge in [-0.25, -0.2) is 0 Å². The van der Waals surface area contributed by atoms with Crippen molar-refractivity contribution in [3.05, 3.63) is 69.9 Å². The molecule has 0 radical (unpaired) electrons. The molecule has 0 atom stereocenters. The molecule has 4 rings (SSSR count). The molecule has 2 aromatic heterocycles. The molecule has 140 valence electrons. The number of aromatic nitrogens is 3. The van der Waals surface area contributed by atoms with Gasteiger partial charge in [0.2, 0.25) is 5.89 Å².